The fourth-order valence-electron chi connectivity index (χ4n) is 3.32. The maximum absolute atomic E-state index is 12.8. The van der Waals surface area contributed by atoms with Crippen molar-refractivity contribution in [2.45, 2.75) is 39.2 Å². The van der Waals surface area contributed by atoms with Gasteiger partial charge < -0.3 is 5.11 Å². The fourth-order valence-corrected chi connectivity index (χ4v) is 3.32. The molecule has 0 aromatic heterocycles. The second-order valence-electron chi connectivity index (χ2n) is 6.77. The van der Waals surface area contributed by atoms with Crippen LogP contribution in [0.15, 0.2) is 65.9 Å². The van der Waals surface area contributed by atoms with Crippen LogP contribution in [0.2, 0.25) is 0 Å². The number of rotatable bonds is 5. The number of hydrogen-bond acceptors (Lipinski definition) is 3. The predicted molar refractivity (Wildman–Crippen MR) is 102 cm³/mol. The molecule has 26 heavy (non-hydrogen) atoms. The number of anilines is 1. The molecular formula is C22H23NO3. The van der Waals surface area contributed by atoms with Crippen molar-refractivity contribution in [1.29, 1.82) is 0 Å². The largest absolute Gasteiger partial charge is 0.503 e. The highest BCUT2D eigenvalue weighted by Gasteiger charge is 2.43. The monoisotopic (exact) mass is 349 g/mol. The molecule has 0 radical (unpaired) electrons. The number of ketones is 1. The van der Waals surface area contributed by atoms with E-state index in [4.69, 9.17) is 0 Å². The maximum Gasteiger partial charge on any atom is 0.294 e. The van der Waals surface area contributed by atoms with E-state index in [1.807, 2.05) is 54.6 Å². The highest BCUT2D eigenvalue weighted by atomic mass is 16.3. The standard InChI is InChI=1S/C22H23NO3/c1-4-18(24)19-20(16-8-6-5-7-9-16)23(22(26)21(19)25)17-12-10-15(11-13-17)14(2)3/h5-14,20,25H,4H2,1-3H3. The molecule has 0 bridgehead atoms. The molecular weight excluding hydrogens is 326 g/mol. The van der Waals surface area contributed by atoms with E-state index in [1.165, 1.54) is 10.5 Å². The van der Waals surface area contributed by atoms with Crippen molar-refractivity contribution in [3.63, 3.8) is 0 Å². The summed E-state index contributed by atoms with van der Waals surface area (Å²) in [6.45, 7) is 5.94. The minimum atomic E-state index is -0.610. The molecule has 2 aromatic rings. The molecule has 0 saturated carbocycles. The number of benzene rings is 2. The van der Waals surface area contributed by atoms with E-state index in [2.05, 4.69) is 13.8 Å². The smallest absolute Gasteiger partial charge is 0.294 e. The van der Waals surface area contributed by atoms with Gasteiger partial charge >= 0.3 is 0 Å². The van der Waals surface area contributed by atoms with E-state index in [9.17, 15) is 14.7 Å². The third kappa shape index (κ3) is 3.03. The van der Waals surface area contributed by atoms with E-state index in [-0.39, 0.29) is 17.8 Å². The summed E-state index contributed by atoms with van der Waals surface area (Å²) in [5.74, 6) is -0.815. The first kappa shape index (κ1) is 17.9. The number of carbonyl (C=O) groups is 2. The second-order valence-corrected chi connectivity index (χ2v) is 6.77. The molecule has 1 N–H and O–H groups in total. The van der Waals surface area contributed by atoms with Crippen molar-refractivity contribution in [1.82, 2.24) is 0 Å². The number of carbonyl (C=O) groups excluding carboxylic acids is 2. The zero-order chi connectivity index (χ0) is 18.8. The molecule has 0 saturated heterocycles. The summed E-state index contributed by atoms with van der Waals surface area (Å²) in [6.07, 6.45) is 0.232. The molecule has 1 atom stereocenters. The lowest BCUT2D eigenvalue weighted by Crippen LogP contribution is -2.31. The topological polar surface area (TPSA) is 57.6 Å². The molecule has 0 fully saturated rings. The van der Waals surface area contributed by atoms with Crippen LogP contribution in [0, 0.1) is 0 Å². The van der Waals surface area contributed by atoms with Crippen molar-refractivity contribution in [3.8, 4) is 0 Å². The quantitative estimate of drug-likeness (QED) is 0.852. The number of amides is 1. The van der Waals surface area contributed by atoms with E-state index in [0.29, 0.717) is 11.6 Å². The van der Waals surface area contributed by atoms with Crippen LogP contribution in [0.25, 0.3) is 0 Å². The molecule has 0 aliphatic carbocycles. The van der Waals surface area contributed by atoms with Crippen molar-refractivity contribution >= 4 is 17.4 Å². The van der Waals surface area contributed by atoms with Crippen molar-refractivity contribution < 1.29 is 14.7 Å². The van der Waals surface area contributed by atoms with Crippen LogP contribution in [0.1, 0.15) is 50.3 Å². The van der Waals surface area contributed by atoms with Gasteiger partial charge in [0, 0.05) is 12.1 Å². The average Bonchev–Trinajstić information content (AvgIpc) is 2.93. The van der Waals surface area contributed by atoms with Gasteiger partial charge in [-0.1, -0.05) is 63.2 Å². The van der Waals surface area contributed by atoms with Crippen LogP contribution < -0.4 is 4.90 Å². The molecule has 1 amide bonds. The fraction of sp³-hybridized carbons (Fsp3) is 0.273. The predicted octanol–water partition coefficient (Wildman–Crippen LogP) is 4.69. The van der Waals surface area contributed by atoms with E-state index in [1.54, 1.807) is 6.92 Å². The van der Waals surface area contributed by atoms with Crippen molar-refractivity contribution in [3.05, 3.63) is 77.1 Å². The Bertz CT molecular complexity index is 851. The Kier molecular flexibility index (Phi) is 4.94. The Morgan fingerprint density at radius 2 is 1.69 bits per heavy atom. The molecule has 1 unspecified atom stereocenters. The molecule has 4 nitrogen and oxygen atoms in total. The summed E-state index contributed by atoms with van der Waals surface area (Å²) in [6, 6.07) is 16.4. The Labute approximate surface area is 153 Å². The van der Waals surface area contributed by atoms with Crippen LogP contribution in [0.4, 0.5) is 5.69 Å². The summed E-state index contributed by atoms with van der Waals surface area (Å²) < 4.78 is 0. The Morgan fingerprint density at radius 1 is 1.08 bits per heavy atom. The van der Waals surface area contributed by atoms with Gasteiger partial charge in [-0.3, -0.25) is 14.5 Å². The van der Waals surface area contributed by atoms with Crippen LogP contribution in [-0.2, 0) is 9.59 Å². The van der Waals surface area contributed by atoms with Gasteiger partial charge in [-0.25, -0.2) is 0 Å². The van der Waals surface area contributed by atoms with Gasteiger partial charge in [-0.2, -0.15) is 0 Å². The highest BCUT2D eigenvalue weighted by Crippen LogP contribution is 2.41. The van der Waals surface area contributed by atoms with Gasteiger partial charge in [-0.15, -0.1) is 0 Å². The first-order valence-electron chi connectivity index (χ1n) is 8.90. The van der Waals surface area contributed by atoms with E-state index in [0.717, 1.165) is 5.56 Å². The molecule has 4 heteroatoms. The van der Waals surface area contributed by atoms with Gasteiger partial charge in [0.1, 0.15) is 0 Å². The minimum Gasteiger partial charge on any atom is -0.503 e. The van der Waals surface area contributed by atoms with Gasteiger partial charge in [-0.05, 0) is 29.2 Å². The Balaban J connectivity index is 2.11. The van der Waals surface area contributed by atoms with E-state index >= 15 is 0 Å². The van der Waals surface area contributed by atoms with Gasteiger partial charge in [0.2, 0.25) is 0 Å². The van der Waals surface area contributed by atoms with Gasteiger partial charge in [0.05, 0.1) is 11.6 Å². The minimum absolute atomic E-state index is 0.177. The summed E-state index contributed by atoms with van der Waals surface area (Å²) >= 11 is 0. The molecule has 1 aliphatic heterocycles. The first-order chi connectivity index (χ1) is 12.5. The molecule has 1 aliphatic rings. The van der Waals surface area contributed by atoms with Crippen LogP contribution >= 0.6 is 0 Å². The van der Waals surface area contributed by atoms with Gasteiger partial charge in [0.15, 0.2) is 11.5 Å². The third-order valence-corrected chi connectivity index (χ3v) is 4.78. The summed E-state index contributed by atoms with van der Waals surface area (Å²) in [7, 11) is 0. The Morgan fingerprint density at radius 3 is 2.23 bits per heavy atom. The van der Waals surface area contributed by atoms with Crippen LogP contribution in [0.5, 0.6) is 0 Å². The number of hydrogen-bond donors (Lipinski definition) is 1. The van der Waals surface area contributed by atoms with Crippen molar-refractivity contribution in [2.24, 2.45) is 0 Å². The summed E-state index contributed by atoms with van der Waals surface area (Å²) in [4.78, 5) is 26.8. The zero-order valence-corrected chi connectivity index (χ0v) is 15.3. The third-order valence-electron chi connectivity index (χ3n) is 4.78. The van der Waals surface area contributed by atoms with Crippen molar-refractivity contribution in [2.75, 3.05) is 4.90 Å². The number of nitrogens with zero attached hydrogens (tertiary/aromatic N) is 1. The second kappa shape index (κ2) is 7.16. The normalized spacial score (nSPS) is 17.3. The lowest BCUT2D eigenvalue weighted by Gasteiger charge is -2.27. The van der Waals surface area contributed by atoms with Crippen LogP contribution in [-0.4, -0.2) is 16.8 Å². The SMILES string of the molecule is CCC(=O)C1=C(O)C(=O)N(c2ccc(C(C)C)cc2)C1c1ccccc1. The number of aliphatic hydroxyl groups is 1. The van der Waals surface area contributed by atoms with Gasteiger partial charge in [0.25, 0.3) is 5.91 Å². The average molecular weight is 349 g/mol. The lowest BCUT2D eigenvalue weighted by molar-refractivity contribution is -0.118. The molecule has 134 valence electrons. The Hall–Kier alpha value is -2.88. The summed E-state index contributed by atoms with van der Waals surface area (Å²) in [5.41, 5.74) is 2.81. The first-order valence-corrected chi connectivity index (χ1v) is 8.90. The molecule has 1 heterocycles. The van der Waals surface area contributed by atoms with Crippen LogP contribution in [0.3, 0.4) is 0 Å². The summed E-state index contributed by atoms with van der Waals surface area (Å²) in [5, 5.41) is 10.4. The lowest BCUT2D eigenvalue weighted by atomic mass is 9.94. The molecule has 2 aromatic carbocycles. The van der Waals surface area contributed by atoms with E-state index < -0.39 is 17.7 Å². The molecule has 3 rings (SSSR count). The highest BCUT2D eigenvalue weighted by molar-refractivity contribution is 6.16. The maximum atomic E-state index is 12.8. The number of Topliss-reactive ketones (excluding diaryl/α,β-unsaturated/α-hetero) is 1. The molecule has 0 spiro atoms. The zero-order valence-electron chi connectivity index (χ0n) is 15.3. The number of aliphatic hydroxyl groups excluding tert-OH is 1.